The highest BCUT2D eigenvalue weighted by atomic mass is 16.9. The van der Waals surface area contributed by atoms with Crippen molar-refractivity contribution in [1.82, 2.24) is 4.90 Å². The standard InChI is InChI=1S/C13H15NO6/c1-14-6-4-12(5-7-14)8-9(15)13(20-12)18-10(16)2-3-11(17)19-13/h2-3H,4-8H2,1H3. The van der Waals surface area contributed by atoms with Crippen molar-refractivity contribution in [2.45, 2.75) is 30.8 Å². The molecule has 0 aliphatic carbocycles. The Morgan fingerprint density at radius 2 is 1.60 bits per heavy atom. The van der Waals surface area contributed by atoms with Gasteiger partial charge in [0.15, 0.2) is 0 Å². The van der Waals surface area contributed by atoms with Gasteiger partial charge in [0.2, 0.25) is 0 Å². The van der Waals surface area contributed by atoms with Crippen molar-refractivity contribution in [3.63, 3.8) is 0 Å². The van der Waals surface area contributed by atoms with E-state index < -0.39 is 29.3 Å². The van der Waals surface area contributed by atoms with Crippen LogP contribution in [0.15, 0.2) is 12.2 Å². The van der Waals surface area contributed by atoms with Gasteiger partial charge in [-0.05, 0) is 19.9 Å². The van der Waals surface area contributed by atoms with Crippen molar-refractivity contribution in [1.29, 1.82) is 0 Å². The van der Waals surface area contributed by atoms with Crippen molar-refractivity contribution < 1.29 is 28.6 Å². The van der Waals surface area contributed by atoms with Gasteiger partial charge in [0.1, 0.15) is 0 Å². The molecular formula is C13H15NO6. The first kappa shape index (κ1) is 13.3. The molecule has 2 saturated heterocycles. The van der Waals surface area contributed by atoms with E-state index >= 15 is 0 Å². The molecule has 0 N–H and O–H groups in total. The smallest absolute Gasteiger partial charge is 0.388 e. The first-order valence-electron chi connectivity index (χ1n) is 6.49. The summed E-state index contributed by atoms with van der Waals surface area (Å²) in [5.41, 5.74) is -0.714. The molecule has 2 fully saturated rings. The van der Waals surface area contributed by atoms with Crippen molar-refractivity contribution >= 4 is 17.7 Å². The third-order valence-corrected chi connectivity index (χ3v) is 3.90. The van der Waals surface area contributed by atoms with Gasteiger partial charge >= 0.3 is 17.9 Å². The van der Waals surface area contributed by atoms with Gasteiger partial charge in [-0.15, -0.1) is 0 Å². The number of Topliss-reactive ketones (excluding diaryl/α,β-unsaturated/α-hetero) is 1. The minimum Gasteiger partial charge on any atom is -0.388 e. The zero-order chi connectivity index (χ0) is 14.4. The quantitative estimate of drug-likeness (QED) is 0.566. The molecule has 7 nitrogen and oxygen atoms in total. The number of likely N-dealkylation sites (tertiary alicyclic amines) is 1. The molecular weight excluding hydrogens is 266 g/mol. The molecule has 0 aromatic heterocycles. The zero-order valence-electron chi connectivity index (χ0n) is 11.1. The van der Waals surface area contributed by atoms with Crippen LogP contribution in [0.5, 0.6) is 0 Å². The zero-order valence-corrected chi connectivity index (χ0v) is 11.1. The molecule has 20 heavy (non-hydrogen) atoms. The molecule has 7 heteroatoms. The number of carbonyl (C=O) groups is 3. The number of ether oxygens (including phenoxy) is 3. The molecule has 108 valence electrons. The number of rotatable bonds is 0. The maximum Gasteiger partial charge on any atom is 0.441 e. The molecule has 0 aromatic carbocycles. The SMILES string of the molecule is CN1CCC2(CC1)CC(=O)C1(OC(=O)C=CC(=O)O1)O2. The van der Waals surface area contributed by atoms with Crippen molar-refractivity contribution in [2.75, 3.05) is 20.1 Å². The highest BCUT2D eigenvalue weighted by Crippen LogP contribution is 2.43. The second-order valence-electron chi connectivity index (χ2n) is 5.42. The van der Waals surface area contributed by atoms with E-state index in [-0.39, 0.29) is 6.42 Å². The van der Waals surface area contributed by atoms with Crippen LogP contribution in [0.1, 0.15) is 19.3 Å². The maximum absolute atomic E-state index is 12.2. The number of nitrogens with zero attached hydrogens (tertiary/aromatic N) is 1. The number of ketones is 1. The van der Waals surface area contributed by atoms with Gasteiger partial charge < -0.3 is 14.4 Å². The number of hydrogen-bond donors (Lipinski definition) is 0. The van der Waals surface area contributed by atoms with Gasteiger partial charge in [0.25, 0.3) is 5.78 Å². The Labute approximate surface area is 115 Å². The van der Waals surface area contributed by atoms with Gasteiger partial charge in [0, 0.05) is 31.7 Å². The number of esters is 2. The maximum atomic E-state index is 12.2. The van der Waals surface area contributed by atoms with E-state index in [1.165, 1.54) is 0 Å². The van der Waals surface area contributed by atoms with Crippen LogP contribution in [0.25, 0.3) is 0 Å². The lowest BCUT2D eigenvalue weighted by Crippen LogP contribution is -2.48. The van der Waals surface area contributed by atoms with Crippen molar-refractivity contribution in [3.05, 3.63) is 12.2 Å². The predicted octanol–water partition coefficient (Wildman–Crippen LogP) is -0.250. The van der Waals surface area contributed by atoms with E-state index in [4.69, 9.17) is 14.2 Å². The Kier molecular flexibility index (Phi) is 2.91. The van der Waals surface area contributed by atoms with E-state index in [1.807, 2.05) is 7.05 Å². The van der Waals surface area contributed by atoms with E-state index in [2.05, 4.69) is 4.90 Å². The number of hydrogen-bond acceptors (Lipinski definition) is 7. The van der Waals surface area contributed by atoms with Gasteiger partial charge in [-0.25, -0.2) is 9.59 Å². The molecule has 3 heterocycles. The molecule has 0 unspecified atom stereocenters. The Morgan fingerprint density at radius 3 is 2.15 bits per heavy atom. The monoisotopic (exact) mass is 281 g/mol. The van der Waals surface area contributed by atoms with Crippen LogP contribution in [-0.4, -0.2) is 54.3 Å². The van der Waals surface area contributed by atoms with Crippen molar-refractivity contribution in [3.8, 4) is 0 Å². The summed E-state index contributed by atoms with van der Waals surface area (Å²) in [6.07, 6.45) is 3.18. The van der Waals surface area contributed by atoms with Crippen LogP contribution in [0.3, 0.4) is 0 Å². The summed E-state index contributed by atoms with van der Waals surface area (Å²) in [5, 5.41) is 0. The first-order valence-corrected chi connectivity index (χ1v) is 6.49. The minimum atomic E-state index is -2.20. The average Bonchev–Trinajstić information content (AvgIpc) is 2.53. The Hall–Kier alpha value is -1.73. The topological polar surface area (TPSA) is 82.1 Å². The molecule has 0 bridgehead atoms. The molecule has 0 aromatic rings. The Bertz CT molecular complexity index is 483. The summed E-state index contributed by atoms with van der Waals surface area (Å²) < 4.78 is 15.6. The Balaban J connectivity index is 1.86. The summed E-state index contributed by atoms with van der Waals surface area (Å²) in [4.78, 5) is 37.3. The summed E-state index contributed by atoms with van der Waals surface area (Å²) in [6.45, 7) is 1.53. The second-order valence-corrected chi connectivity index (χ2v) is 5.42. The van der Waals surface area contributed by atoms with Crippen LogP contribution in [0, 0.1) is 0 Å². The summed E-state index contributed by atoms with van der Waals surface area (Å²) in [6, 6.07) is 0. The highest BCUT2D eigenvalue weighted by molar-refractivity contribution is 5.99. The third kappa shape index (κ3) is 2.12. The molecule has 3 aliphatic heterocycles. The summed E-state index contributed by atoms with van der Waals surface area (Å²) in [5.74, 6) is -4.37. The fourth-order valence-corrected chi connectivity index (χ4v) is 2.73. The van der Waals surface area contributed by atoms with E-state index in [1.54, 1.807) is 0 Å². The van der Waals surface area contributed by atoms with Crippen LogP contribution in [0.2, 0.25) is 0 Å². The fraction of sp³-hybridized carbons (Fsp3) is 0.615. The largest absolute Gasteiger partial charge is 0.441 e. The Morgan fingerprint density at radius 1 is 1.05 bits per heavy atom. The third-order valence-electron chi connectivity index (χ3n) is 3.90. The van der Waals surface area contributed by atoms with Crippen LogP contribution >= 0.6 is 0 Å². The fourth-order valence-electron chi connectivity index (χ4n) is 2.73. The number of carbonyl (C=O) groups excluding carboxylic acids is 3. The van der Waals surface area contributed by atoms with Gasteiger partial charge in [-0.1, -0.05) is 0 Å². The summed E-state index contributed by atoms with van der Waals surface area (Å²) in [7, 11) is 1.98. The first-order chi connectivity index (χ1) is 9.43. The van der Waals surface area contributed by atoms with Crippen LogP contribution in [0.4, 0.5) is 0 Å². The molecule has 0 radical (unpaired) electrons. The van der Waals surface area contributed by atoms with Crippen molar-refractivity contribution in [2.24, 2.45) is 0 Å². The van der Waals surface area contributed by atoms with Gasteiger partial charge in [0.05, 0.1) is 5.60 Å². The molecule has 3 rings (SSSR count). The van der Waals surface area contributed by atoms with Crippen LogP contribution < -0.4 is 0 Å². The van der Waals surface area contributed by atoms with E-state index in [0.717, 1.165) is 25.2 Å². The average molecular weight is 281 g/mol. The van der Waals surface area contributed by atoms with Gasteiger partial charge in [-0.3, -0.25) is 9.53 Å². The molecule has 2 spiro atoms. The number of piperidine rings is 1. The van der Waals surface area contributed by atoms with Crippen LogP contribution in [-0.2, 0) is 28.6 Å². The van der Waals surface area contributed by atoms with E-state index in [9.17, 15) is 14.4 Å². The highest BCUT2D eigenvalue weighted by Gasteiger charge is 2.62. The second kappa shape index (κ2) is 4.39. The normalized spacial score (nSPS) is 28.6. The lowest BCUT2D eigenvalue weighted by molar-refractivity contribution is -0.333. The lowest BCUT2D eigenvalue weighted by Gasteiger charge is -2.37. The van der Waals surface area contributed by atoms with Gasteiger partial charge in [-0.2, -0.15) is 0 Å². The lowest BCUT2D eigenvalue weighted by atomic mass is 9.88. The predicted molar refractivity (Wildman–Crippen MR) is 64.2 cm³/mol. The molecule has 0 saturated carbocycles. The summed E-state index contributed by atoms with van der Waals surface area (Å²) >= 11 is 0. The minimum absolute atomic E-state index is 0.0847. The molecule has 0 amide bonds. The molecule has 0 atom stereocenters. The van der Waals surface area contributed by atoms with E-state index in [0.29, 0.717) is 12.8 Å². The molecule has 3 aliphatic rings.